The second-order valence-corrected chi connectivity index (χ2v) is 1.92. The van der Waals surface area contributed by atoms with Crippen molar-refractivity contribution >= 4 is 22.7 Å². The van der Waals surface area contributed by atoms with Gasteiger partial charge in [-0.1, -0.05) is 0 Å². The summed E-state index contributed by atoms with van der Waals surface area (Å²) in [5.41, 5.74) is 0. The van der Waals surface area contributed by atoms with E-state index in [-0.39, 0.29) is 20.4 Å². The smallest absolute Gasteiger partial charge is 0.283 e. The van der Waals surface area contributed by atoms with Crippen molar-refractivity contribution in [2.24, 2.45) is 0 Å². The molecule has 0 amide bonds. The summed E-state index contributed by atoms with van der Waals surface area (Å²) in [6, 6.07) is 0. The van der Waals surface area contributed by atoms with Crippen LogP contribution in [0.15, 0.2) is 0 Å². The quantitative estimate of drug-likeness (QED) is 0.500. The molecule has 8 heavy (non-hydrogen) atoms. The van der Waals surface area contributed by atoms with Gasteiger partial charge in [-0.05, 0) is 0 Å². The third kappa shape index (κ3) is 9.96. The number of hydrogen-bond donors (Lipinski definition) is 2. The van der Waals surface area contributed by atoms with Gasteiger partial charge < -0.3 is 0 Å². The standard InChI is InChI=1S/H2O5S2.Pd/c1-6(2)5-7(3)4;/h(H,1,2)(H,3,4);. The van der Waals surface area contributed by atoms with Crippen LogP contribution in [0.3, 0.4) is 0 Å². The van der Waals surface area contributed by atoms with Crippen LogP contribution in [-0.4, -0.2) is 17.5 Å². The molecular weight excluding hydrogens is 251 g/mol. The van der Waals surface area contributed by atoms with Gasteiger partial charge in [-0.3, -0.25) is 9.11 Å². The van der Waals surface area contributed by atoms with Crippen LogP contribution in [0.1, 0.15) is 0 Å². The summed E-state index contributed by atoms with van der Waals surface area (Å²) in [6.07, 6.45) is 0. The predicted molar refractivity (Wildman–Crippen MR) is 22.6 cm³/mol. The Bertz CT molecular complexity index is 86.6. The molecular formula is H2O5PdS2. The van der Waals surface area contributed by atoms with Crippen molar-refractivity contribution in [3.05, 3.63) is 0 Å². The van der Waals surface area contributed by atoms with E-state index >= 15 is 0 Å². The van der Waals surface area contributed by atoms with Crippen molar-refractivity contribution in [1.82, 2.24) is 0 Å². The van der Waals surface area contributed by atoms with E-state index in [0.717, 1.165) is 0 Å². The van der Waals surface area contributed by atoms with Crippen molar-refractivity contribution in [2.75, 3.05) is 0 Å². The monoisotopic (exact) mass is 252 g/mol. The molecule has 0 aliphatic carbocycles. The number of hydrogen-bond acceptors (Lipinski definition) is 3. The molecule has 0 bridgehead atoms. The summed E-state index contributed by atoms with van der Waals surface area (Å²) in [7, 11) is 0. The molecule has 0 fully saturated rings. The van der Waals surface area contributed by atoms with Gasteiger partial charge in [-0.25, -0.2) is 0 Å². The predicted octanol–water partition coefficient (Wildman–Crippen LogP) is -0.726. The molecule has 2 N–H and O–H groups in total. The molecule has 0 atom stereocenters. The summed E-state index contributed by atoms with van der Waals surface area (Å²) in [5.74, 6) is 0. The van der Waals surface area contributed by atoms with E-state index in [1.54, 1.807) is 0 Å². The Morgan fingerprint density at radius 2 is 1.38 bits per heavy atom. The third-order valence-electron chi connectivity index (χ3n) is 0.116. The molecule has 54 valence electrons. The first-order valence-electron chi connectivity index (χ1n) is 1.03. The first kappa shape index (κ1) is 11.6. The van der Waals surface area contributed by atoms with Gasteiger partial charge in [0.25, 0.3) is 0 Å². The Labute approximate surface area is 64.4 Å². The van der Waals surface area contributed by atoms with E-state index in [4.69, 9.17) is 9.11 Å². The summed E-state index contributed by atoms with van der Waals surface area (Å²) in [4.78, 5) is 0. The van der Waals surface area contributed by atoms with E-state index < -0.39 is 22.7 Å². The van der Waals surface area contributed by atoms with Gasteiger partial charge in [0.15, 0.2) is 0 Å². The average molecular weight is 253 g/mol. The molecule has 0 aromatic rings. The zero-order valence-electron chi connectivity index (χ0n) is 3.25. The fourth-order valence-electron chi connectivity index (χ4n) is 0.0498. The second kappa shape index (κ2) is 5.97. The van der Waals surface area contributed by atoms with Crippen molar-refractivity contribution < 1.29 is 41.6 Å². The molecule has 8 heteroatoms. The van der Waals surface area contributed by atoms with Gasteiger partial charge >= 0.3 is 22.7 Å². The van der Waals surface area contributed by atoms with Crippen LogP contribution < -0.4 is 0 Å². The number of rotatable bonds is 2. The van der Waals surface area contributed by atoms with Crippen LogP contribution in [0.2, 0.25) is 0 Å². The van der Waals surface area contributed by atoms with Crippen molar-refractivity contribution in [2.45, 2.75) is 0 Å². The summed E-state index contributed by atoms with van der Waals surface area (Å²) in [5, 5.41) is 0. The molecule has 0 spiro atoms. The third-order valence-corrected chi connectivity index (χ3v) is 1.05. The molecule has 0 unspecified atom stereocenters. The molecule has 0 aromatic heterocycles. The normalized spacial score (nSPS) is 16.2. The zero-order chi connectivity index (χ0) is 5.86. The van der Waals surface area contributed by atoms with Gasteiger partial charge in [0.1, 0.15) is 0 Å². The Morgan fingerprint density at radius 1 is 1.12 bits per heavy atom. The van der Waals surface area contributed by atoms with Gasteiger partial charge in [0.05, 0.1) is 0 Å². The molecule has 0 aliphatic heterocycles. The zero-order valence-corrected chi connectivity index (χ0v) is 6.44. The van der Waals surface area contributed by atoms with Crippen molar-refractivity contribution in [3.63, 3.8) is 0 Å². The molecule has 0 rings (SSSR count). The van der Waals surface area contributed by atoms with Crippen molar-refractivity contribution in [3.8, 4) is 0 Å². The van der Waals surface area contributed by atoms with Crippen LogP contribution in [0.4, 0.5) is 0 Å². The van der Waals surface area contributed by atoms with Crippen LogP contribution in [0.5, 0.6) is 0 Å². The van der Waals surface area contributed by atoms with E-state index in [1.165, 1.54) is 0 Å². The van der Waals surface area contributed by atoms with Crippen LogP contribution in [0.25, 0.3) is 0 Å². The van der Waals surface area contributed by atoms with Gasteiger partial charge in [0.2, 0.25) is 0 Å². The van der Waals surface area contributed by atoms with E-state index in [1.807, 2.05) is 0 Å². The molecule has 0 saturated carbocycles. The van der Waals surface area contributed by atoms with Gasteiger partial charge in [-0.15, -0.1) is 3.63 Å². The molecule has 0 aliphatic rings. The minimum absolute atomic E-state index is 0. The first-order valence-corrected chi connectivity index (χ1v) is 3.10. The summed E-state index contributed by atoms with van der Waals surface area (Å²) >= 11 is -5.29. The largest absolute Gasteiger partial charge is 0.317 e. The SMILES string of the molecule is O=S(O)OS(=O)O.[Pd]. The summed E-state index contributed by atoms with van der Waals surface area (Å²) in [6.45, 7) is 0. The maximum atomic E-state index is 9.35. The minimum Gasteiger partial charge on any atom is -0.283 e. The fraction of sp³-hybridized carbons (Fsp3) is 0. The Morgan fingerprint density at radius 3 is 1.38 bits per heavy atom. The molecule has 0 aromatic carbocycles. The Kier molecular flexibility index (Phi) is 8.67. The maximum Gasteiger partial charge on any atom is 0.317 e. The minimum atomic E-state index is -2.65. The Hall–Kier alpha value is 0.842. The van der Waals surface area contributed by atoms with E-state index in [0.29, 0.717) is 0 Å². The van der Waals surface area contributed by atoms with Crippen LogP contribution in [-0.2, 0) is 46.8 Å². The van der Waals surface area contributed by atoms with Gasteiger partial charge in [-0.2, -0.15) is 8.42 Å². The summed E-state index contributed by atoms with van der Waals surface area (Å²) < 4.78 is 37.2. The molecule has 5 nitrogen and oxygen atoms in total. The van der Waals surface area contributed by atoms with Crippen molar-refractivity contribution in [1.29, 1.82) is 0 Å². The van der Waals surface area contributed by atoms with Crippen LogP contribution >= 0.6 is 0 Å². The molecule has 0 saturated heterocycles. The average Bonchev–Trinajstić information content (AvgIpc) is 1.27. The van der Waals surface area contributed by atoms with Gasteiger partial charge in [0, 0.05) is 20.4 Å². The maximum absolute atomic E-state index is 9.35. The molecule has 0 heterocycles. The molecule has 0 radical (unpaired) electrons. The van der Waals surface area contributed by atoms with E-state index in [9.17, 15) is 8.42 Å². The van der Waals surface area contributed by atoms with Crippen LogP contribution in [0, 0.1) is 0 Å². The Balaban J connectivity index is 0. The topological polar surface area (TPSA) is 83.8 Å². The van der Waals surface area contributed by atoms with E-state index in [2.05, 4.69) is 3.63 Å². The fourth-order valence-corrected chi connectivity index (χ4v) is 0.448. The second-order valence-electron chi connectivity index (χ2n) is 0.502. The first-order chi connectivity index (χ1) is 3.13.